The van der Waals surface area contributed by atoms with Crippen LogP contribution in [-0.2, 0) is 6.61 Å². The Hall–Kier alpha value is -1.87. The zero-order valence-electron chi connectivity index (χ0n) is 11.9. The van der Waals surface area contributed by atoms with E-state index in [0.29, 0.717) is 18.3 Å². The molecule has 0 amide bonds. The van der Waals surface area contributed by atoms with Crippen molar-refractivity contribution in [3.8, 4) is 5.75 Å². The first-order valence-electron chi connectivity index (χ1n) is 6.81. The minimum atomic E-state index is -0.279. The minimum absolute atomic E-state index is 0.279. The van der Waals surface area contributed by atoms with Gasteiger partial charge in [-0.05, 0) is 36.2 Å². The largest absolute Gasteiger partial charge is 0.489 e. The van der Waals surface area contributed by atoms with Crippen LogP contribution in [0.3, 0.4) is 0 Å². The fraction of sp³-hybridized carbons (Fsp3) is 0.294. The van der Waals surface area contributed by atoms with Crippen molar-refractivity contribution in [2.45, 2.75) is 19.4 Å². The molecule has 0 heterocycles. The molecule has 1 unspecified atom stereocenters. The number of likely N-dealkylation sites (N-methyl/N-ethyl adjacent to an activating group) is 1. The first-order chi connectivity index (χ1) is 9.69. The van der Waals surface area contributed by atoms with E-state index in [1.54, 1.807) is 12.1 Å². The van der Waals surface area contributed by atoms with Crippen molar-refractivity contribution >= 4 is 0 Å². The molecule has 0 saturated heterocycles. The van der Waals surface area contributed by atoms with E-state index in [2.05, 4.69) is 36.5 Å². The monoisotopic (exact) mass is 273 g/mol. The standard InChI is InChI=1S/C17H20FNO/c1-13(11-19-2)15-8-6-14(7-9-15)12-20-17-5-3-4-16(18)10-17/h3-10,13,19H,11-12H2,1-2H3. The molecule has 0 aliphatic carbocycles. The van der Waals surface area contributed by atoms with Crippen LogP contribution in [0.5, 0.6) is 5.75 Å². The van der Waals surface area contributed by atoms with Crippen molar-refractivity contribution in [3.63, 3.8) is 0 Å². The van der Waals surface area contributed by atoms with Gasteiger partial charge in [0.25, 0.3) is 0 Å². The number of halogens is 1. The maximum absolute atomic E-state index is 13.0. The maximum Gasteiger partial charge on any atom is 0.126 e. The number of benzene rings is 2. The van der Waals surface area contributed by atoms with Crippen molar-refractivity contribution in [1.82, 2.24) is 5.32 Å². The Morgan fingerprint density at radius 3 is 2.55 bits per heavy atom. The van der Waals surface area contributed by atoms with E-state index < -0.39 is 0 Å². The van der Waals surface area contributed by atoms with Crippen LogP contribution in [0.2, 0.25) is 0 Å². The zero-order chi connectivity index (χ0) is 14.4. The predicted molar refractivity (Wildman–Crippen MR) is 79.5 cm³/mol. The maximum atomic E-state index is 13.0. The lowest BCUT2D eigenvalue weighted by atomic mass is 10.00. The summed E-state index contributed by atoms with van der Waals surface area (Å²) in [5.41, 5.74) is 2.38. The second-order valence-electron chi connectivity index (χ2n) is 4.95. The van der Waals surface area contributed by atoms with E-state index in [4.69, 9.17) is 4.74 Å². The number of rotatable bonds is 6. The highest BCUT2D eigenvalue weighted by Gasteiger charge is 2.04. The highest BCUT2D eigenvalue weighted by atomic mass is 19.1. The summed E-state index contributed by atoms with van der Waals surface area (Å²) in [7, 11) is 1.96. The summed E-state index contributed by atoms with van der Waals surface area (Å²) in [4.78, 5) is 0. The molecule has 3 heteroatoms. The van der Waals surface area contributed by atoms with Crippen LogP contribution in [0, 0.1) is 5.82 Å². The van der Waals surface area contributed by atoms with Gasteiger partial charge in [0, 0.05) is 12.6 Å². The molecule has 0 aliphatic rings. The van der Waals surface area contributed by atoms with Crippen molar-refractivity contribution < 1.29 is 9.13 Å². The molecule has 1 atom stereocenters. The second kappa shape index (κ2) is 7.06. The van der Waals surface area contributed by atoms with Crippen molar-refractivity contribution in [1.29, 1.82) is 0 Å². The summed E-state index contributed by atoms with van der Waals surface area (Å²) in [6, 6.07) is 14.5. The third kappa shape index (κ3) is 4.07. The Morgan fingerprint density at radius 1 is 1.15 bits per heavy atom. The molecule has 0 spiro atoms. The molecule has 0 fully saturated rings. The molecule has 0 aliphatic heterocycles. The van der Waals surface area contributed by atoms with Gasteiger partial charge in [0.15, 0.2) is 0 Å². The van der Waals surface area contributed by atoms with E-state index in [0.717, 1.165) is 12.1 Å². The SMILES string of the molecule is CNCC(C)c1ccc(COc2cccc(F)c2)cc1. The summed E-state index contributed by atoms with van der Waals surface area (Å²) >= 11 is 0. The molecule has 20 heavy (non-hydrogen) atoms. The lowest BCUT2D eigenvalue weighted by molar-refractivity contribution is 0.304. The van der Waals surface area contributed by atoms with Crippen molar-refractivity contribution in [2.75, 3.05) is 13.6 Å². The first kappa shape index (κ1) is 14.5. The van der Waals surface area contributed by atoms with E-state index in [-0.39, 0.29) is 5.82 Å². The average Bonchev–Trinajstić information content (AvgIpc) is 2.46. The van der Waals surface area contributed by atoms with E-state index in [9.17, 15) is 4.39 Å². The Kier molecular flexibility index (Phi) is 5.13. The van der Waals surface area contributed by atoms with Crippen LogP contribution in [0.1, 0.15) is 24.0 Å². The molecule has 106 valence electrons. The van der Waals surface area contributed by atoms with Gasteiger partial charge in [0.1, 0.15) is 18.2 Å². The van der Waals surface area contributed by atoms with Crippen LogP contribution < -0.4 is 10.1 Å². The minimum Gasteiger partial charge on any atom is -0.489 e. The van der Waals surface area contributed by atoms with Crippen LogP contribution in [0.15, 0.2) is 48.5 Å². The van der Waals surface area contributed by atoms with Gasteiger partial charge in [0.05, 0.1) is 0 Å². The molecule has 2 rings (SSSR count). The van der Waals surface area contributed by atoms with Crippen LogP contribution in [0.4, 0.5) is 4.39 Å². The third-order valence-corrected chi connectivity index (χ3v) is 3.26. The number of hydrogen-bond donors (Lipinski definition) is 1. The Labute approximate surface area is 119 Å². The molecular formula is C17H20FNO. The summed E-state index contributed by atoms with van der Waals surface area (Å²) in [5.74, 6) is 0.759. The van der Waals surface area contributed by atoms with E-state index >= 15 is 0 Å². The molecule has 0 saturated carbocycles. The quantitative estimate of drug-likeness (QED) is 0.866. The average molecular weight is 273 g/mol. The van der Waals surface area contributed by atoms with Gasteiger partial charge in [-0.3, -0.25) is 0 Å². The van der Waals surface area contributed by atoms with Crippen molar-refractivity contribution in [3.05, 3.63) is 65.5 Å². The molecule has 0 bridgehead atoms. The topological polar surface area (TPSA) is 21.3 Å². The number of ether oxygens (including phenoxy) is 1. The van der Waals surface area contributed by atoms with Gasteiger partial charge in [-0.25, -0.2) is 4.39 Å². The highest BCUT2D eigenvalue weighted by Crippen LogP contribution is 2.17. The lowest BCUT2D eigenvalue weighted by Gasteiger charge is -2.12. The first-order valence-corrected chi connectivity index (χ1v) is 6.81. The molecule has 1 N–H and O–H groups in total. The molecule has 2 aromatic carbocycles. The molecule has 2 aromatic rings. The summed E-state index contributed by atoms with van der Waals surface area (Å²) in [6.45, 7) is 3.60. The summed E-state index contributed by atoms with van der Waals surface area (Å²) in [6.07, 6.45) is 0. The molecule has 0 aromatic heterocycles. The van der Waals surface area contributed by atoms with Crippen LogP contribution >= 0.6 is 0 Å². The normalized spacial score (nSPS) is 12.2. The summed E-state index contributed by atoms with van der Waals surface area (Å²) < 4.78 is 18.6. The predicted octanol–water partition coefficient (Wildman–Crippen LogP) is 3.73. The highest BCUT2D eigenvalue weighted by molar-refractivity contribution is 5.26. The van der Waals surface area contributed by atoms with E-state index in [1.165, 1.54) is 17.7 Å². The second-order valence-corrected chi connectivity index (χ2v) is 4.95. The van der Waals surface area contributed by atoms with Gasteiger partial charge in [-0.15, -0.1) is 0 Å². The smallest absolute Gasteiger partial charge is 0.126 e. The van der Waals surface area contributed by atoms with Gasteiger partial charge in [-0.1, -0.05) is 37.3 Å². The van der Waals surface area contributed by atoms with Crippen LogP contribution in [0.25, 0.3) is 0 Å². The molecule has 2 nitrogen and oxygen atoms in total. The van der Waals surface area contributed by atoms with Crippen LogP contribution in [-0.4, -0.2) is 13.6 Å². The summed E-state index contributed by atoms with van der Waals surface area (Å²) in [5, 5.41) is 3.17. The fourth-order valence-corrected chi connectivity index (χ4v) is 2.09. The lowest BCUT2D eigenvalue weighted by Crippen LogP contribution is -2.14. The Morgan fingerprint density at radius 2 is 1.90 bits per heavy atom. The zero-order valence-corrected chi connectivity index (χ0v) is 11.9. The molecule has 0 radical (unpaired) electrons. The Bertz CT molecular complexity index is 539. The Balaban J connectivity index is 1.94. The van der Waals surface area contributed by atoms with Gasteiger partial charge < -0.3 is 10.1 Å². The third-order valence-electron chi connectivity index (χ3n) is 3.26. The van der Waals surface area contributed by atoms with Gasteiger partial charge in [-0.2, -0.15) is 0 Å². The van der Waals surface area contributed by atoms with Gasteiger partial charge in [0.2, 0.25) is 0 Å². The molecular weight excluding hydrogens is 253 g/mol. The van der Waals surface area contributed by atoms with E-state index in [1.807, 2.05) is 7.05 Å². The number of nitrogens with one attached hydrogen (secondary N) is 1. The van der Waals surface area contributed by atoms with Crippen molar-refractivity contribution in [2.24, 2.45) is 0 Å². The van der Waals surface area contributed by atoms with Gasteiger partial charge >= 0.3 is 0 Å². The fourth-order valence-electron chi connectivity index (χ4n) is 2.09. The number of hydrogen-bond acceptors (Lipinski definition) is 2.